The number of hydrogen-bond donors (Lipinski definition) is 1. The molecule has 0 bridgehead atoms. The Morgan fingerprint density at radius 1 is 1.23 bits per heavy atom. The number of para-hydroxylation sites is 1. The van der Waals surface area contributed by atoms with Crippen molar-refractivity contribution in [2.75, 3.05) is 11.9 Å². The molecule has 0 aliphatic rings. The zero-order chi connectivity index (χ0) is 21.8. The number of pyridine rings is 1. The summed E-state index contributed by atoms with van der Waals surface area (Å²) in [5.41, 5.74) is 1.66. The maximum Gasteiger partial charge on any atom is 0.339 e. The Morgan fingerprint density at radius 2 is 1.97 bits per heavy atom. The van der Waals surface area contributed by atoms with Crippen LogP contribution in [0.2, 0.25) is 0 Å². The van der Waals surface area contributed by atoms with E-state index in [9.17, 15) is 24.1 Å². The number of fused-ring (bicyclic) bond motifs is 1. The fourth-order valence-corrected chi connectivity index (χ4v) is 3.10. The molecule has 0 aliphatic heterocycles. The van der Waals surface area contributed by atoms with Crippen molar-refractivity contribution < 1.29 is 23.6 Å². The molecule has 0 unspecified atom stereocenters. The van der Waals surface area contributed by atoms with Crippen LogP contribution in [-0.4, -0.2) is 28.4 Å². The Kier molecular flexibility index (Phi) is 6.01. The van der Waals surface area contributed by atoms with E-state index in [2.05, 4.69) is 10.3 Å². The van der Waals surface area contributed by atoms with Crippen LogP contribution < -0.4 is 5.32 Å². The molecule has 3 rings (SSSR count). The van der Waals surface area contributed by atoms with Crippen molar-refractivity contribution in [2.45, 2.75) is 20.3 Å². The Balaban J connectivity index is 1.76. The van der Waals surface area contributed by atoms with E-state index < -0.39 is 34.9 Å². The van der Waals surface area contributed by atoms with Gasteiger partial charge in [-0.25, -0.2) is 4.79 Å². The first kappa shape index (κ1) is 20.8. The van der Waals surface area contributed by atoms with Gasteiger partial charge in [0.25, 0.3) is 5.91 Å². The summed E-state index contributed by atoms with van der Waals surface area (Å²) in [7, 11) is 0. The minimum Gasteiger partial charge on any atom is -0.452 e. The van der Waals surface area contributed by atoms with Crippen molar-refractivity contribution in [3.05, 3.63) is 75.2 Å². The normalized spacial score (nSPS) is 10.6. The quantitative estimate of drug-likeness (QED) is 0.373. The lowest BCUT2D eigenvalue weighted by Crippen LogP contribution is -2.22. The number of ether oxygens (including phenoxy) is 1. The maximum atomic E-state index is 13.4. The largest absolute Gasteiger partial charge is 0.452 e. The molecule has 3 aromatic rings. The third-order valence-electron chi connectivity index (χ3n) is 4.54. The summed E-state index contributed by atoms with van der Waals surface area (Å²) in [6.07, 6.45) is 0.626. The van der Waals surface area contributed by atoms with Crippen LogP contribution in [0.5, 0.6) is 0 Å². The monoisotopic (exact) mass is 411 g/mol. The summed E-state index contributed by atoms with van der Waals surface area (Å²) in [5.74, 6) is -2.41. The van der Waals surface area contributed by atoms with E-state index in [4.69, 9.17) is 4.74 Å². The number of carbonyl (C=O) groups excluding carboxylic acids is 2. The first-order valence-electron chi connectivity index (χ1n) is 9.11. The van der Waals surface area contributed by atoms with Gasteiger partial charge in [0.1, 0.15) is 0 Å². The molecule has 0 radical (unpaired) electrons. The van der Waals surface area contributed by atoms with Gasteiger partial charge < -0.3 is 10.1 Å². The Morgan fingerprint density at radius 3 is 2.67 bits per heavy atom. The zero-order valence-electron chi connectivity index (χ0n) is 16.3. The fourth-order valence-electron chi connectivity index (χ4n) is 3.10. The van der Waals surface area contributed by atoms with E-state index in [-0.39, 0.29) is 5.69 Å². The van der Waals surface area contributed by atoms with Gasteiger partial charge in [-0.3, -0.25) is 19.9 Å². The molecular formula is C21H18FN3O5. The number of aryl methyl sites for hydroxylation is 1. The summed E-state index contributed by atoms with van der Waals surface area (Å²) in [6.45, 7) is 3.09. The minimum atomic E-state index is -1.02. The smallest absolute Gasteiger partial charge is 0.339 e. The van der Waals surface area contributed by atoms with Crippen LogP contribution >= 0.6 is 0 Å². The number of nitro groups is 1. The Hall–Kier alpha value is -3.88. The van der Waals surface area contributed by atoms with Crippen molar-refractivity contribution in [1.29, 1.82) is 0 Å². The molecule has 0 spiro atoms. The lowest BCUT2D eigenvalue weighted by molar-refractivity contribution is -0.387. The molecule has 1 aromatic heterocycles. The number of nitro benzene ring substituents is 1. The molecule has 0 saturated heterocycles. The highest BCUT2D eigenvalue weighted by Crippen LogP contribution is 2.25. The molecule has 0 saturated carbocycles. The van der Waals surface area contributed by atoms with Crippen LogP contribution in [0.3, 0.4) is 0 Å². The van der Waals surface area contributed by atoms with Gasteiger partial charge >= 0.3 is 11.7 Å². The van der Waals surface area contributed by atoms with E-state index in [0.717, 1.165) is 17.8 Å². The number of nitrogens with zero attached hydrogens (tertiary/aromatic N) is 2. The van der Waals surface area contributed by atoms with Crippen LogP contribution in [0.25, 0.3) is 10.9 Å². The van der Waals surface area contributed by atoms with Gasteiger partial charge in [0.15, 0.2) is 6.61 Å². The molecule has 8 nitrogen and oxygen atoms in total. The van der Waals surface area contributed by atoms with E-state index in [1.54, 1.807) is 25.1 Å². The van der Waals surface area contributed by atoms with Crippen LogP contribution in [0.1, 0.15) is 28.5 Å². The van der Waals surface area contributed by atoms with Gasteiger partial charge in [-0.2, -0.15) is 4.39 Å². The molecule has 1 heterocycles. The fraction of sp³-hybridized carbons (Fsp3) is 0.190. The SMILES string of the molecule is CCc1nc2ccccc2c(C(=O)OCC(=O)Nc2ccc(F)c([N+](=O)[O-])c2)c1C. The Labute approximate surface area is 170 Å². The summed E-state index contributed by atoms with van der Waals surface area (Å²) < 4.78 is 18.6. The van der Waals surface area contributed by atoms with Crippen LogP contribution in [0, 0.1) is 22.9 Å². The number of esters is 1. The van der Waals surface area contributed by atoms with Gasteiger partial charge in [-0.05, 0) is 37.1 Å². The second-order valence-corrected chi connectivity index (χ2v) is 6.48. The van der Waals surface area contributed by atoms with Crippen molar-refractivity contribution in [2.24, 2.45) is 0 Å². The number of halogens is 1. The van der Waals surface area contributed by atoms with Gasteiger partial charge in [0.05, 0.1) is 16.0 Å². The molecule has 154 valence electrons. The summed E-state index contributed by atoms with van der Waals surface area (Å²) in [5, 5.41) is 13.8. The zero-order valence-corrected chi connectivity index (χ0v) is 16.3. The molecule has 1 N–H and O–H groups in total. The highest BCUT2D eigenvalue weighted by Gasteiger charge is 2.20. The average Bonchev–Trinajstić information content (AvgIpc) is 2.72. The molecule has 2 aromatic carbocycles. The van der Waals surface area contributed by atoms with Crippen LogP contribution in [0.4, 0.5) is 15.8 Å². The number of benzene rings is 2. The van der Waals surface area contributed by atoms with Crippen LogP contribution in [-0.2, 0) is 16.0 Å². The van der Waals surface area contributed by atoms with Crippen molar-refractivity contribution in [3.8, 4) is 0 Å². The standard InChI is InChI=1S/C21H18FN3O5/c1-3-16-12(2)20(14-6-4-5-7-17(14)24-16)21(27)30-11-19(26)23-13-8-9-15(22)18(10-13)25(28)29/h4-10H,3,11H2,1-2H3,(H,23,26). The minimum absolute atomic E-state index is 0.0166. The molecule has 0 aliphatic carbocycles. The molecular weight excluding hydrogens is 393 g/mol. The van der Waals surface area contributed by atoms with Gasteiger partial charge in [-0.1, -0.05) is 25.1 Å². The first-order chi connectivity index (χ1) is 14.3. The molecule has 1 amide bonds. The summed E-state index contributed by atoms with van der Waals surface area (Å²) in [4.78, 5) is 39.3. The Bertz CT molecular complexity index is 1160. The number of aromatic nitrogens is 1. The topological polar surface area (TPSA) is 111 Å². The number of anilines is 1. The van der Waals surface area contributed by atoms with Gasteiger partial charge in [0, 0.05) is 22.8 Å². The molecule has 0 atom stereocenters. The molecule has 9 heteroatoms. The summed E-state index contributed by atoms with van der Waals surface area (Å²) in [6, 6.07) is 10.1. The number of carbonyl (C=O) groups is 2. The summed E-state index contributed by atoms with van der Waals surface area (Å²) >= 11 is 0. The predicted molar refractivity (Wildman–Crippen MR) is 108 cm³/mol. The predicted octanol–water partition coefficient (Wildman–Crippen LogP) is 3.95. The van der Waals surface area contributed by atoms with Crippen molar-refractivity contribution in [3.63, 3.8) is 0 Å². The van der Waals surface area contributed by atoms with E-state index >= 15 is 0 Å². The number of nitrogens with one attached hydrogen (secondary N) is 1. The number of amides is 1. The highest BCUT2D eigenvalue weighted by atomic mass is 19.1. The molecule has 0 fully saturated rings. The van der Waals surface area contributed by atoms with Crippen molar-refractivity contribution >= 4 is 34.2 Å². The van der Waals surface area contributed by atoms with E-state index in [0.29, 0.717) is 28.5 Å². The maximum absolute atomic E-state index is 13.4. The second-order valence-electron chi connectivity index (χ2n) is 6.48. The first-order valence-corrected chi connectivity index (χ1v) is 9.11. The van der Waals surface area contributed by atoms with Crippen LogP contribution in [0.15, 0.2) is 42.5 Å². The van der Waals surface area contributed by atoms with Crippen molar-refractivity contribution in [1.82, 2.24) is 4.98 Å². The third kappa shape index (κ3) is 4.24. The van der Waals surface area contributed by atoms with E-state index in [1.807, 2.05) is 13.0 Å². The van der Waals surface area contributed by atoms with Gasteiger partial charge in [0.2, 0.25) is 5.82 Å². The number of rotatable bonds is 6. The third-order valence-corrected chi connectivity index (χ3v) is 4.54. The molecule has 30 heavy (non-hydrogen) atoms. The van der Waals surface area contributed by atoms with Gasteiger partial charge in [-0.15, -0.1) is 0 Å². The highest BCUT2D eigenvalue weighted by molar-refractivity contribution is 6.06. The lowest BCUT2D eigenvalue weighted by atomic mass is 10.0. The average molecular weight is 411 g/mol. The lowest BCUT2D eigenvalue weighted by Gasteiger charge is -2.13. The van der Waals surface area contributed by atoms with E-state index in [1.165, 1.54) is 6.07 Å². The number of hydrogen-bond acceptors (Lipinski definition) is 6. The second kappa shape index (κ2) is 8.64.